The van der Waals surface area contributed by atoms with Gasteiger partial charge in [0, 0.05) is 51.9 Å². The molecule has 21 nitrogen and oxygen atoms in total. The molecule has 2 aromatic carbocycles. The number of carbonyl (C=O) groups excluding carboxylic acids is 5. The number of rotatable bonds is 21. The summed E-state index contributed by atoms with van der Waals surface area (Å²) in [5.41, 5.74) is 8.95. The minimum absolute atomic E-state index is 0.0185. The van der Waals surface area contributed by atoms with E-state index >= 15 is 0 Å². The number of anilines is 2. The second-order valence-electron chi connectivity index (χ2n) is 21.1. The quantitative estimate of drug-likeness (QED) is 0.0746. The maximum Gasteiger partial charge on any atom is 0.254 e. The summed E-state index contributed by atoms with van der Waals surface area (Å²) in [6.45, 7) is 12.1. The van der Waals surface area contributed by atoms with Crippen LogP contribution in [-0.2, 0) is 41.7 Å². The number of carbonyl (C=O) groups is 5. The summed E-state index contributed by atoms with van der Waals surface area (Å²) in [6.07, 6.45) is 4.01. The molecular formula is C55H75FN14O7. The lowest BCUT2D eigenvalue weighted by atomic mass is 9.85. The standard InChI is InChI=1S/C55H75FN14O7/c1-9-40(35-14-11-10-12-15-35)63-52(73)44-29-37(32-69(44)54(75)48(55(3,4)5)64-51(72)34(2)59-6)60-20-25-77-27-26-76-24-19-46(71)66(7)22-23-70-45-33-67(8)53(74)38-18-17-36(56)28-39(38)43-16-13-21-68(43)50-49(58)61-31-42(62-50)47(45)41(30-57)65-70/h10-12,14-15,17-18,28,31,34,37,40,43-44,48,59-60H,9,13,16,19-27,29,32-33H2,1-8H3,(H2,58,61)(H,63,73)(H,64,72)/t34-,37-,40+,43-,44-,48+/m1/s1. The van der Waals surface area contributed by atoms with Gasteiger partial charge in [-0.3, -0.25) is 28.7 Å². The Bertz CT molecular complexity index is 2780. The highest BCUT2D eigenvalue weighted by Crippen LogP contribution is 2.41. The van der Waals surface area contributed by atoms with Crippen LogP contribution in [-0.4, -0.2) is 162 Å². The normalized spacial score (nSPS) is 18.5. The molecule has 0 radical (unpaired) electrons. The number of aromatic nitrogens is 4. The highest BCUT2D eigenvalue weighted by Gasteiger charge is 2.45. The second kappa shape index (κ2) is 25.9. The van der Waals surface area contributed by atoms with E-state index in [2.05, 4.69) is 37.4 Å². The van der Waals surface area contributed by atoms with Crippen molar-refractivity contribution in [3.8, 4) is 17.3 Å². The molecule has 3 aliphatic heterocycles. The lowest BCUT2D eigenvalue weighted by molar-refractivity contribution is -0.144. The van der Waals surface area contributed by atoms with Crippen LogP contribution in [0.5, 0.6) is 0 Å². The van der Waals surface area contributed by atoms with E-state index in [9.17, 15) is 33.6 Å². The van der Waals surface area contributed by atoms with Gasteiger partial charge in [-0.1, -0.05) is 58.0 Å². The monoisotopic (exact) mass is 1060 g/mol. The Hall–Kier alpha value is -7.06. The number of benzene rings is 2. The number of amides is 5. The SMILES string of the molecule is CC[C@H](NC(=O)[C@H]1C[C@@H](NCCOCCOCCC(=O)N(C)CCn2nc(C#N)c3c2CN(C)C(=O)c2ccc(F)cc2[C@H]2CCCN2c2nc-3cnc2N)CN1C(=O)[C@H](NC(=O)[C@@H](C)NC)C(C)(C)C)c1ccccc1. The number of nitriles is 1. The summed E-state index contributed by atoms with van der Waals surface area (Å²) >= 11 is 0. The van der Waals surface area contributed by atoms with Crippen molar-refractivity contribution in [1.82, 2.24) is 55.7 Å². The van der Waals surface area contributed by atoms with Crippen LogP contribution in [0.15, 0.2) is 54.7 Å². The van der Waals surface area contributed by atoms with Gasteiger partial charge in [0.2, 0.25) is 23.6 Å². The molecule has 77 heavy (non-hydrogen) atoms. The summed E-state index contributed by atoms with van der Waals surface area (Å²) < 4.78 is 28.0. The number of ether oxygens (including phenoxy) is 2. The Balaban J connectivity index is 0.903. The minimum atomic E-state index is -0.877. The molecule has 2 aromatic heterocycles. The lowest BCUT2D eigenvalue weighted by Gasteiger charge is -2.36. The number of halogens is 1. The average molecular weight is 1060 g/mol. The van der Waals surface area contributed by atoms with Crippen LogP contribution < -0.4 is 31.9 Å². The van der Waals surface area contributed by atoms with E-state index < -0.39 is 29.4 Å². The summed E-state index contributed by atoms with van der Waals surface area (Å²) in [4.78, 5) is 85.0. The van der Waals surface area contributed by atoms with Crippen LogP contribution in [0, 0.1) is 22.6 Å². The van der Waals surface area contributed by atoms with Crippen molar-refractivity contribution in [3.05, 3.63) is 88.6 Å². The largest absolute Gasteiger partial charge is 0.381 e. The summed E-state index contributed by atoms with van der Waals surface area (Å²) in [5.74, 6) is -1.33. The maximum absolute atomic E-state index is 14.8. The highest BCUT2D eigenvalue weighted by atomic mass is 19.1. The van der Waals surface area contributed by atoms with Gasteiger partial charge in [-0.25, -0.2) is 14.4 Å². The predicted molar refractivity (Wildman–Crippen MR) is 287 cm³/mol. The molecular weight excluding hydrogens is 988 g/mol. The number of likely N-dealkylation sites (tertiary alicyclic amines) is 1. The Labute approximate surface area is 450 Å². The van der Waals surface area contributed by atoms with Crippen LogP contribution in [0.2, 0.25) is 0 Å². The Morgan fingerprint density at radius 1 is 1.05 bits per heavy atom. The van der Waals surface area contributed by atoms with Crippen LogP contribution in [0.4, 0.5) is 16.0 Å². The fourth-order valence-corrected chi connectivity index (χ4v) is 10.2. The van der Waals surface area contributed by atoms with Gasteiger partial charge in [0.05, 0.1) is 87.2 Å². The van der Waals surface area contributed by atoms with Crippen molar-refractivity contribution in [3.63, 3.8) is 0 Å². The Kier molecular flexibility index (Phi) is 19.4. The first kappa shape index (κ1) is 57.6. The topological polar surface area (TPSA) is 258 Å². The molecule has 2 saturated heterocycles. The van der Waals surface area contributed by atoms with Gasteiger partial charge in [-0.2, -0.15) is 10.4 Å². The van der Waals surface area contributed by atoms with Crippen molar-refractivity contribution in [2.45, 2.75) is 116 Å². The molecule has 22 heteroatoms. The van der Waals surface area contributed by atoms with E-state index in [4.69, 9.17) is 20.2 Å². The van der Waals surface area contributed by atoms with E-state index in [1.165, 1.54) is 29.3 Å². The molecule has 6 N–H and O–H groups in total. The molecule has 4 aromatic rings. The van der Waals surface area contributed by atoms with Gasteiger partial charge in [-0.15, -0.1) is 0 Å². The van der Waals surface area contributed by atoms with Crippen molar-refractivity contribution in [2.75, 3.05) is 84.4 Å². The third-order valence-corrected chi connectivity index (χ3v) is 14.7. The van der Waals surface area contributed by atoms with E-state index in [0.717, 1.165) is 12.0 Å². The summed E-state index contributed by atoms with van der Waals surface area (Å²) in [6, 6.07) is 13.1. The van der Waals surface area contributed by atoms with Crippen LogP contribution in [0.25, 0.3) is 11.3 Å². The molecule has 0 spiro atoms. The molecule has 0 aliphatic carbocycles. The Morgan fingerprint density at radius 2 is 1.79 bits per heavy atom. The smallest absolute Gasteiger partial charge is 0.254 e. The van der Waals surface area contributed by atoms with Gasteiger partial charge in [0.1, 0.15) is 24.0 Å². The minimum Gasteiger partial charge on any atom is -0.381 e. The number of hydrogen-bond donors (Lipinski definition) is 5. The number of likely N-dealkylation sites (N-methyl/N-ethyl adjacent to an activating group) is 2. The van der Waals surface area contributed by atoms with Crippen LogP contribution in [0.1, 0.15) is 112 Å². The zero-order chi connectivity index (χ0) is 55.6. The van der Waals surface area contributed by atoms with Gasteiger partial charge in [0.15, 0.2) is 17.3 Å². The first-order valence-electron chi connectivity index (χ1n) is 26.5. The molecule has 0 unspecified atom stereocenters. The molecule has 414 valence electrons. The molecule has 7 rings (SSSR count). The average Bonchev–Trinajstić information content (AvgIpc) is 4.20. The van der Waals surface area contributed by atoms with E-state index in [1.54, 1.807) is 42.5 Å². The molecule has 0 saturated carbocycles. The molecule has 2 bridgehead atoms. The number of hydrogen-bond acceptors (Lipinski definition) is 15. The zero-order valence-corrected chi connectivity index (χ0v) is 45.6. The van der Waals surface area contributed by atoms with Gasteiger partial charge < -0.3 is 56.1 Å². The van der Waals surface area contributed by atoms with Crippen molar-refractivity contribution in [2.24, 2.45) is 5.41 Å². The second-order valence-corrected chi connectivity index (χ2v) is 21.1. The lowest BCUT2D eigenvalue weighted by Crippen LogP contribution is -2.59. The van der Waals surface area contributed by atoms with E-state index in [0.29, 0.717) is 72.9 Å². The van der Waals surface area contributed by atoms with Crippen LogP contribution in [0.3, 0.4) is 0 Å². The van der Waals surface area contributed by atoms with E-state index in [1.807, 2.05) is 62.9 Å². The predicted octanol–water partition coefficient (Wildman–Crippen LogP) is 3.71. The van der Waals surface area contributed by atoms with Crippen molar-refractivity contribution >= 4 is 41.2 Å². The van der Waals surface area contributed by atoms with Crippen molar-refractivity contribution < 1.29 is 37.8 Å². The van der Waals surface area contributed by atoms with Gasteiger partial charge >= 0.3 is 0 Å². The highest BCUT2D eigenvalue weighted by molar-refractivity contribution is 5.96. The maximum atomic E-state index is 14.8. The van der Waals surface area contributed by atoms with Crippen molar-refractivity contribution in [1.29, 1.82) is 5.26 Å². The molecule has 5 heterocycles. The molecule has 2 fully saturated rings. The third kappa shape index (κ3) is 13.7. The molecule has 3 aliphatic rings. The first-order chi connectivity index (χ1) is 36.8. The van der Waals surface area contributed by atoms with Gasteiger partial charge in [0.25, 0.3) is 5.91 Å². The number of nitrogens with one attached hydrogen (secondary N) is 4. The summed E-state index contributed by atoms with van der Waals surface area (Å²) in [5, 5.41) is 27.5. The van der Waals surface area contributed by atoms with Crippen LogP contribution >= 0.6 is 0 Å². The third-order valence-electron chi connectivity index (χ3n) is 14.7. The fraction of sp³-hybridized carbons (Fsp3) is 0.545. The number of nitrogens with two attached hydrogens (primary N) is 1. The number of nitrogens with zero attached hydrogens (tertiary/aromatic N) is 9. The molecule has 5 amide bonds. The number of fused-ring (bicyclic) bond motifs is 8. The Morgan fingerprint density at radius 3 is 2.49 bits per heavy atom. The summed E-state index contributed by atoms with van der Waals surface area (Å²) in [7, 11) is 4.99. The first-order valence-corrected chi connectivity index (χ1v) is 26.5. The zero-order valence-electron chi connectivity index (χ0n) is 45.6. The van der Waals surface area contributed by atoms with E-state index in [-0.39, 0.29) is 112 Å². The number of nitrogen functional groups attached to an aromatic ring is 1. The molecule has 6 atom stereocenters. The van der Waals surface area contributed by atoms with Gasteiger partial charge in [-0.05, 0) is 74.4 Å². The fourth-order valence-electron chi connectivity index (χ4n) is 10.2.